The average molecular weight is 364 g/mol. The van der Waals surface area contributed by atoms with Crippen molar-refractivity contribution in [2.75, 3.05) is 40.4 Å². The standard InChI is InChI=1S/C18H24N2O6/c1-12(17(22)20-10-8-19(9-11-20)13(2)21)26-18(23)16-14(24-3)6-5-7-15(16)25-4/h5-7,12H,8-11H2,1-4H3/t12-/m0/s1. The van der Waals surface area contributed by atoms with Gasteiger partial charge in [-0.05, 0) is 19.1 Å². The summed E-state index contributed by atoms with van der Waals surface area (Å²) in [6.45, 7) is 4.81. The number of hydrogen-bond donors (Lipinski definition) is 0. The Morgan fingerprint density at radius 3 is 1.92 bits per heavy atom. The largest absolute Gasteiger partial charge is 0.496 e. The molecule has 0 spiro atoms. The van der Waals surface area contributed by atoms with Crippen molar-refractivity contribution in [1.82, 2.24) is 9.80 Å². The number of piperazine rings is 1. The first kappa shape index (κ1) is 19.6. The predicted molar refractivity (Wildman–Crippen MR) is 93.3 cm³/mol. The highest BCUT2D eigenvalue weighted by Crippen LogP contribution is 2.29. The van der Waals surface area contributed by atoms with Crippen LogP contribution in [0, 0.1) is 0 Å². The van der Waals surface area contributed by atoms with Gasteiger partial charge in [-0.15, -0.1) is 0 Å². The Bertz CT molecular complexity index is 660. The van der Waals surface area contributed by atoms with Crippen LogP contribution in [0.4, 0.5) is 0 Å². The zero-order valence-corrected chi connectivity index (χ0v) is 15.5. The van der Waals surface area contributed by atoms with E-state index in [9.17, 15) is 14.4 Å². The first-order chi connectivity index (χ1) is 12.4. The molecule has 1 aliphatic heterocycles. The number of esters is 1. The number of carbonyl (C=O) groups is 3. The molecule has 8 nitrogen and oxygen atoms in total. The second-order valence-electron chi connectivity index (χ2n) is 5.92. The van der Waals surface area contributed by atoms with Gasteiger partial charge in [0, 0.05) is 33.1 Å². The van der Waals surface area contributed by atoms with Crippen LogP contribution in [0.5, 0.6) is 11.5 Å². The van der Waals surface area contributed by atoms with Crippen molar-refractivity contribution in [3.05, 3.63) is 23.8 Å². The minimum Gasteiger partial charge on any atom is -0.496 e. The molecule has 0 aliphatic carbocycles. The van der Waals surface area contributed by atoms with Gasteiger partial charge in [-0.2, -0.15) is 0 Å². The fraction of sp³-hybridized carbons (Fsp3) is 0.500. The number of hydrogen-bond acceptors (Lipinski definition) is 6. The van der Waals surface area contributed by atoms with Crippen LogP contribution >= 0.6 is 0 Å². The van der Waals surface area contributed by atoms with Gasteiger partial charge >= 0.3 is 5.97 Å². The Hall–Kier alpha value is -2.77. The molecule has 0 radical (unpaired) electrons. The third-order valence-corrected chi connectivity index (χ3v) is 4.30. The van der Waals surface area contributed by atoms with E-state index in [-0.39, 0.29) is 17.4 Å². The Balaban J connectivity index is 2.03. The maximum atomic E-state index is 12.5. The van der Waals surface area contributed by atoms with Crippen LogP contribution < -0.4 is 9.47 Å². The normalized spacial score (nSPS) is 15.2. The number of amides is 2. The zero-order chi connectivity index (χ0) is 19.3. The molecule has 26 heavy (non-hydrogen) atoms. The van der Waals surface area contributed by atoms with Crippen LogP contribution in [0.1, 0.15) is 24.2 Å². The SMILES string of the molecule is COc1cccc(OC)c1C(=O)O[C@@H](C)C(=O)N1CCN(C(C)=O)CC1. The number of nitrogens with zero attached hydrogens (tertiary/aromatic N) is 2. The summed E-state index contributed by atoms with van der Waals surface area (Å²) < 4.78 is 15.7. The maximum Gasteiger partial charge on any atom is 0.346 e. The van der Waals surface area contributed by atoms with Gasteiger partial charge in [-0.3, -0.25) is 9.59 Å². The van der Waals surface area contributed by atoms with Crippen molar-refractivity contribution in [1.29, 1.82) is 0 Å². The van der Waals surface area contributed by atoms with Crippen molar-refractivity contribution in [3.8, 4) is 11.5 Å². The minimum atomic E-state index is -0.957. The van der Waals surface area contributed by atoms with Gasteiger partial charge in [0.05, 0.1) is 14.2 Å². The molecule has 1 aromatic carbocycles. The second-order valence-corrected chi connectivity index (χ2v) is 5.92. The van der Waals surface area contributed by atoms with Gasteiger partial charge in [0.15, 0.2) is 6.10 Å². The van der Waals surface area contributed by atoms with E-state index in [0.29, 0.717) is 37.7 Å². The summed E-state index contributed by atoms with van der Waals surface area (Å²) in [7, 11) is 2.88. The molecule has 0 bridgehead atoms. The Labute approximate surface area is 152 Å². The molecule has 2 amide bonds. The van der Waals surface area contributed by atoms with Gasteiger partial charge in [-0.1, -0.05) is 6.07 Å². The van der Waals surface area contributed by atoms with Crippen molar-refractivity contribution in [2.24, 2.45) is 0 Å². The molecule has 2 rings (SSSR count). The van der Waals surface area contributed by atoms with Crippen LogP contribution in [-0.2, 0) is 14.3 Å². The van der Waals surface area contributed by atoms with E-state index in [1.54, 1.807) is 28.0 Å². The summed E-state index contributed by atoms with van der Waals surface area (Å²) >= 11 is 0. The molecule has 0 saturated carbocycles. The van der Waals surface area contributed by atoms with E-state index in [0.717, 1.165) is 0 Å². The van der Waals surface area contributed by atoms with E-state index >= 15 is 0 Å². The third-order valence-electron chi connectivity index (χ3n) is 4.30. The molecular weight excluding hydrogens is 340 g/mol. The summed E-state index contributed by atoms with van der Waals surface area (Å²) in [5.74, 6) is -0.383. The first-order valence-corrected chi connectivity index (χ1v) is 8.35. The van der Waals surface area contributed by atoms with Crippen LogP contribution in [0.25, 0.3) is 0 Å². The minimum absolute atomic E-state index is 0.0140. The molecule has 0 unspecified atom stereocenters. The summed E-state index contributed by atoms with van der Waals surface area (Å²) in [6.07, 6.45) is -0.957. The Morgan fingerprint density at radius 2 is 1.46 bits per heavy atom. The van der Waals surface area contributed by atoms with Gasteiger partial charge < -0.3 is 24.0 Å². The summed E-state index contributed by atoms with van der Waals surface area (Å²) in [6, 6.07) is 4.93. The summed E-state index contributed by atoms with van der Waals surface area (Å²) in [5, 5.41) is 0. The van der Waals surface area contributed by atoms with Crippen molar-refractivity contribution in [3.63, 3.8) is 0 Å². The van der Waals surface area contributed by atoms with E-state index in [2.05, 4.69) is 0 Å². The maximum absolute atomic E-state index is 12.5. The highest BCUT2D eigenvalue weighted by Gasteiger charge is 2.29. The summed E-state index contributed by atoms with van der Waals surface area (Å²) in [5.41, 5.74) is 0.138. The lowest BCUT2D eigenvalue weighted by molar-refractivity contribution is -0.144. The van der Waals surface area contributed by atoms with Gasteiger partial charge in [-0.25, -0.2) is 4.79 Å². The number of carbonyl (C=O) groups excluding carboxylic acids is 3. The van der Waals surface area contributed by atoms with E-state index < -0.39 is 12.1 Å². The van der Waals surface area contributed by atoms with Crippen LogP contribution in [0.3, 0.4) is 0 Å². The molecule has 1 atom stereocenters. The number of methoxy groups -OCH3 is 2. The smallest absolute Gasteiger partial charge is 0.346 e. The number of rotatable bonds is 5. The first-order valence-electron chi connectivity index (χ1n) is 8.35. The van der Waals surface area contributed by atoms with Gasteiger partial charge in [0.2, 0.25) is 5.91 Å². The molecule has 1 heterocycles. The van der Waals surface area contributed by atoms with Crippen molar-refractivity contribution in [2.45, 2.75) is 20.0 Å². The highest BCUT2D eigenvalue weighted by atomic mass is 16.6. The van der Waals surface area contributed by atoms with E-state index in [4.69, 9.17) is 14.2 Å². The number of benzene rings is 1. The third kappa shape index (κ3) is 4.25. The fourth-order valence-electron chi connectivity index (χ4n) is 2.82. The molecule has 142 valence electrons. The molecule has 0 N–H and O–H groups in total. The second kappa shape index (κ2) is 8.55. The summed E-state index contributed by atoms with van der Waals surface area (Å²) in [4.78, 5) is 39.7. The molecule has 1 aliphatic rings. The lowest BCUT2D eigenvalue weighted by Crippen LogP contribution is -2.52. The number of ether oxygens (including phenoxy) is 3. The molecule has 1 fully saturated rings. The zero-order valence-electron chi connectivity index (χ0n) is 15.5. The topological polar surface area (TPSA) is 85.4 Å². The lowest BCUT2D eigenvalue weighted by Gasteiger charge is -2.35. The van der Waals surface area contributed by atoms with Crippen LogP contribution in [0.2, 0.25) is 0 Å². The van der Waals surface area contributed by atoms with Gasteiger partial charge in [0.1, 0.15) is 17.1 Å². The molecule has 1 aromatic rings. The molecule has 1 saturated heterocycles. The Kier molecular flexibility index (Phi) is 6.43. The lowest BCUT2D eigenvalue weighted by atomic mass is 10.1. The highest BCUT2D eigenvalue weighted by molar-refractivity contribution is 5.97. The van der Waals surface area contributed by atoms with E-state index in [1.165, 1.54) is 28.1 Å². The molecule has 0 aromatic heterocycles. The van der Waals surface area contributed by atoms with Crippen LogP contribution in [0.15, 0.2) is 18.2 Å². The average Bonchev–Trinajstić information content (AvgIpc) is 2.66. The van der Waals surface area contributed by atoms with E-state index in [1.807, 2.05) is 0 Å². The van der Waals surface area contributed by atoms with Crippen molar-refractivity contribution >= 4 is 17.8 Å². The van der Waals surface area contributed by atoms with Crippen LogP contribution in [-0.4, -0.2) is 74.1 Å². The van der Waals surface area contributed by atoms with Crippen molar-refractivity contribution < 1.29 is 28.6 Å². The predicted octanol–water partition coefficient (Wildman–Crippen LogP) is 0.940. The molecular formula is C18H24N2O6. The van der Waals surface area contributed by atoms with Gasteiger partial charge in [0.25, 0.3) is 5.91 Å². The monoisotopic (exact) mass is 364 g/mol. The molecule has 8 heteroatoms. The quantitative estimate of drug-likeness (QED) is 0.723. The fourth-order valence-corrected chi connectivity index (χ4v) is 2.82. The Morgan fingerprint density at radius 1 is 0.962 bits per heavy atom.